The van der Waals surface area contributed by atoms with Crippen LogP contribution in [0.5, 0.6) is 0 Å². The summed E-state index contributed by atoms with van der Waals surface area (Å²) < 4.78 is 0. The van der Waals surface area contributed by atoms with E-state index in [0.29, 0.717) is 5.82 Å². The molecule has 4 heteroatoms. The van der Waals surface area contributed by atoms with Gasteiger partial charge in [0.15, 0.2) is 0 Å². The number of carboxylic acid groups (broad SMARTS) is 1. The average Bonchev–Trinajstić information content (AvgIpc) is 2.77. The summed E-state index contributed by atoms with van der Waals surface area (Å²) in [6.45, 7) is 3.89. The number of rotatable bonds is 4. The number of hydrogen-bond acceptors (Lipinski definition) is 2. The quantitative estimate of drug-likeness (QED) is 0.868. The lowest BCUT2D eigenvalue weighted by Crippen LogP contribution is -2.04. The number of aryl methyl sites for hydroxylation is 1. The normalized spacial score (nSPS) is 12.3. The van der Waals surface area contributed by atoms with Crippen LogP contribution in [0, 0.1) is 6.92 Å². The van der Waals surface area contributed by atoms with Crippen LogP contribution in [-0.2, 0) is 4.79 Å². The molecule has 1 aromatic heterocycles. The van der Waals surface area contributed by atoms with Crippen molar-refractivity contribution in [1.82, 2.24) is 9.97 Å². The maximum Gasteiger partial charge on any atom is 0.304 e. The van der Waals surface area contributed by atoms with E-state index in [0.717, 1.165) is 11.3 Å². The van der Waals surface area contributed by atoms with E-state index in [4.69, 9.17) is 5.11 Å². The van der Waals surface area contributed by atoms with E-state index in [-0.39, 0.29) is 12.3 Å². The summed E-state index contributed by atoms with van der Waals surface area (Å²) in [6.07, 6.45) is 1.84. The molecular weight excluding hydrogens is 228 g/mol. The summed E-state index contributed by atoms with van der Waals surface area (Å²) in [6, 6.07) is 8.10. The number of carboxylic acids is 1. The second kappa shape index (κ2) is 5.04. The molecule has 0 spiro atoms. The minimum atomic E-state index is -0.809. The van der Waals surface area contributed by atoms with Crippen molar-refractivity contribution in [1.29, 1.82) is 0 Å². The highest BCUT2D eigenvalue weighted by atomic mass is 16.4. The van der Waals surface area contributed by atoms with Gasteiger partial charge in [-0.25, -0.2) is 4.98 Å². The molecule has 18 heavy (non-hydrogen) atoms. The van der Waals surface area contributed by atoms with Gasteiger partial charge in [-0.15, -0.1) is 0 Å². The molecule has 2 N–H and O–H groups in total. The van der Waals surface area contributed by atoms with E-state index in [9.17, 15) is 4.79 Å². The van der Waals surface area contributed by atoms with Crippen molar-refractivity contribution in [3.8, 4) is 11.3 Å². The van der Waals surface area contributed by atoms with Gasteiger partial charge in [0.25, 0.3) is 0 Å². The van der Waals surface area contributed by atoms with Crippen molar-refractivity contribution in [2.24, 2.45) is 0 Å². The van der Waals surface area contributed by atoms with Crippen LogP contribution in [0.3, 0.4) is 0 Å². The molecule has 0 amide bonds. The number of nitrogens with zero attached hydrogens (tertiary/aromatic N) is 1. The molecule has 94 valence electrons. The Morgan fingerprint density at radius 1 is 1.50 bits per heavy atom. The van der Waals surface area contributed by atoms with Crippen LogP contribution in [0.2, 0.25) is 0 Å². The first-order valence-electron chi connectivity index (χ1n) is 5.90. The van der Waals surface area contributed by atoms with Gasteiger partial charge in [-0.2, -0.15) is 0 Å². The zero-order chi connectivity index (χ0) is 13.1. The van der Waals surface area contributed by atoms with Gasteiger partial charge in [0.1, 0.15) is 5.82 Å². The summed E-state index contributed by atoms with van der Waals surface area (Å²) in [5.74, 6) is -0.203. The molecule has 4 nitrogen and oxygen atoms in total. The summed E-state index contributed by atoms with van der Waals surface area (Å²) in [5.41, 5.74) is 3.17. The largest absolute Gasteiger partial charge is 0.481 e. The molecule has 1 aromatic carbocycles. The minimum absolute atomic E-state index is 0.0841. The van der Waals surface area contributed by atoms with Crippen molar-refractivity contribution >= 4 is 5.97 Å². The van der Waals surface area contributed by atoms with Gasteiger partial charge in [0.05, 0.1) is 18.3 Å². The van der Waals surface area contributed by atoms with Crippen molar-refractivity contribution in [3.63, 3.8) is 0 Å². The number of H-pyrrole nitrogens is 1. The predicted octanol–water partition coefficient (Wildman–Crippen LogP) is 2.96. The number of hydrogen-bond donors (Lipinski definition) is 2. The summed E-state index contributed by atoms with van der Waals surface area (Å²) in [5, 5.41) is 8.76. The molecule has 0 saturated heterocycles. The van der Waals surface area contributed by atoms with Crippen LogP contribution < -0.4 is 0 Å². The SMILES string of the molecule is Cc1cccc(-c2cnc(C(C)CC(=O)O)[nH]2)c1. The number of aliphatic carboxylic acids is 1. The Morgan fingerprint density at radius 3 is 2.94 bits per heavy atom. The van der Waals surface area contributed by atoms with E-state index in [2.05, 4.69) is 16.0 Å². The lowest BCUT2D eigenvalue weighted by Gasteiger charge is -2.04. The van der Waals surface area contributed by atoms with Crippen molar-refractivity contribution in [2.45, 2.75) is 26.2 Å². The zero-order valence-electron chi connectivity index (χ0n) is 10.5. The molecule has 1 heterocycles. The lowest BCUT2D eigenvalue weighted by atomic mass is 10.1. The van der Waals surface area contributed by atoms with E-state index >= 15 is 0 Å². The van der Waals surface area contributed by atoms with E-state index in [1.54, 1.807) is 6.20 Å². The van der Waals surface area contributed by atoms with E-state index in [1.807, 2.05) is 32.0 Å². The highest BCUT2D eigenvalue weighted by molar-refractivity contribution is 5.68. The number of aromatic amines is 1. The molecule has 0 aliphatic rings. The molecule has 2 aromatic rings. The van der Waals surface area contributed by atoms with E-state index in [1.165, 1.54) is 5.56 Å². The molecular formula is C14H16N2O2. The Bertz CT molecular complexity index is 560. The third-order valence-corrected chi connectivity index (χ3v) is 2.87. The van der Waals surface area contributed by atoms with Crippen molar-refractivity contribution in [2.75, 3.05) is 0 Å². The van der Waals surface area contributed by atoms with Crippen molar-refractivity contribution < 1.29 is 9.90 Å². The van der Waals surface area contributed by atoms with Crippen LogP contribution in [0.25, 0.3) is 11.3 Å². The molecule has 0 aliphatic carbocycles. The first-order valence-corrected chi connectivity index (χ1v) is 5.90. The topological polar surface area (TPSA) is 66.0 Å². The highest BCUT2D eigenvalue weighted by Gasteiger charge is 2.13. The van der Waals surface area contributed by atoms with Crippen molar-refractivity contribution in [3.05, 3.63) is 41.9 Å². The molecule has 0 bridgehead atoms. The fraction of sp³-hybridized carbons (Fsp3) is 0.286. The Morgan fingerprint density at radius 2 is 2.28 bits per heavy atom. The smallest absolute Gasteiger partial charge is 0.304 e. The van der Waals surface area contributed by atoms with Crippen LogP contribution >= 0.6 is 0 Å². The van der Waals surface area contributed by atoms with Gasteiger partial charge in [-0.1, -0.05) is 30.7 Å². The second-order valence-corrected chi connectivity index (χ2v) is 4.55. The minimum Gasteiger partial charge on any atom is -0.481 e. The third kappa shape index (κ3) is 2.77. The fourth-order valence-electron chi connectivity index (χ4n) is 1.90. The molecule has 0 aliphatic heterocycles. The lowest BCUT2D eigenvalue weighted by molar-refractivity contribution is -0.137. The van der Waals surface area contributed by atoms with Gasteiger partial charge in [0.2, 0.25) is 0 Å². The first-order chi connectivity index (χ1) is 8.56. The first kappa shape index (κ1) is 12.4. The Balaban J connectivity index is 2.22. The van der Waals surface area contributed by atoms with Crippen LogP contribution in [0.4, 0.5) is 0 Å². The molecule has 0 radical (unpaired) electrons. The number of aromatic nitrogens is 2. The summed E-state index contributed by atoms with van der Waals surface area (Å²) in [7, 11) is 0. The molecule has 0 saturated carbocycles. The fourth-order valence-corrected chi connectivity index (χ4v) is 1.90. The Hall–Kier alpha value is -2.10. The Labute approximate surface area is 106 Å². The molecule has 0 fully saturated rings. The molecule has 1 atom stereocenters. The van der Waals surface area contributed by atoms with Gasteiger partial charge < -0.3 is 10.1 Å². The maximum absolute atomic E-state index is 10.7. The van der Waals surface area contributed by atoms with Gasteiger partial charge in [-0.3, -0.25) is 4.79 Å². The molecule has 2 rings (SSSR count). The summed E-state index contributed by atoms with van der Waals surface area (Å²) in [4.78, 5) is 18.1. The van der Waals surface area contributed by atoms with E-state index < -0.39 is 5.97 Å². The maximum atomic E-state index is 10.7. The van der Waals surface area contributed by atoms with Gasteiger partial charge >= 0.3 is 5.97 Å². The Kier molecular flexibility index (Phi) is 3.46. The van der Waals surface area contributed by atoms with Crippen LogP contribution in [0.1, 0.15) is 30.7 Å². The number of carbonyl (C=O) groups is 1. The standard InChI is InChI=1S/C14H16N2O2/c1-9-4-3-5-11(6-9)12-8-15-14(16-12)10(2)7-13(17)18/h3-6,8,10H,7H2,1-2H3,(H,15,16)(H,17,18). The monoisotopic (exact) mass is 244 g/mol. The third-order valence-electron chi connectivity index (χ3n) is 2.87. The predicted molar refractivity (Wildman–Crippen MR) is 69.4 cm³/mol. The number of nitrogens with one attached hydrogen (secondary N) is 1. The van der Waals surface area contributed by atoms with Gasteiger partial charge in [-0.05, 0) is 18.6 Å². The second-order valence-electron chi connectivity index (χ2n) is 4.55. The summed E-state index contributed by atoms with van der Waals surface area (Å²) >= 11 is 0. The van der Waals surface area contributed by atoms with Crippen LogP contribution in [-0.4, -0.2) is 21.0 Å². The number of imidazole rings is 1. The highest BCUT2D eigenvalue weighted by Crippen LogP contribution is 2.22. The van der Waals surface area contributed by atoms with Gasteiger partial charge in [0, 0.05) is 5.92 Å². The van der Waals surface area contributed by atoms with Crippen LogP contribution in [0.15, 0.2) is 30.5 Å². The zero-order valence-corrected chi connectivity index (χ0v) is 10.5. The number of benzene rings is 1. The average molecular weight is 244 g/mol. The molecule has 1 unspecified atom stereocenters.